The number of pyridine rings is 1. The lowest BCUT2D eigenvalue weighted by atomic mass is 10.1. The molecule has 0 spiro atoms. The van der Waals surface area contributed by atoms with Crippen molar-refractivity contribution in [3.8, 4) is 11.3 Å². The minimum atomic E-state index is -0.382. The van der Waals surface area contributed by atoms with Gasteiger partial charge in [0, 0.05) is 24.4 Å². The molecule has 0 saturated heterocycles. The first-order valence-electron chi connectivity index (χ1n) is 10.2. The first-order chi connectivity index (χ1) is 15.7. The standard InChI is InChI=1S/C25H22N4O3/c30-24(27-16-21-13-7-8-14-26-21)18-29(17-19-9-3-1-4-10-19)25(31)22-15-23(32-28-22)20-11-5-2-6-12-20/h1-15H,16-18H2,(H,27,30). The van der Waals surface area contributed by atoms with Crippen LogP contribution in [0.5, 0.6) is 0 Å². The zero-order valence-electron chi connectivity index (χ0n) is 17.3. The largest absolute Gasteiger partial charge is 0.355 e. The Morgan fingerprint density at radius 2 is 1.62 bits per heavy atom. The van der Waals surface area contributed by atoms with Crippen LogP contribution in [0.2, 0.25) is 0 Å². The second kappa shape index (κ2) is 10.2. The summed E-state index contributed by atoms with van der Waals surface area (Å²) in [5, 5.41) is 6.76. The monoisotopic (exact) mass is 426 g/mol. The summed E-state index contributed by atoms with van der Waals surface area (Å²) in [5.74, 6) is -0.173. The minimum Gasteiger partial charge on any atom is -0.355 e. The Morgan fingerprint density at radius 1 is 0.906 bits per heavy atom. The molecule has 7 nitrogen and oxygen atoms in total. The van der Waals surface area contributed by atoms with Gasteiger partial charge in [0.25, 0.3) is 5.91 Å². The third kappa shape index (κ3) is 5.46. The van der Waals surface area contributed by atoms with E-state index >= 15 is 0 Å². The van der Waals surface area contributed by atoms with Gasteiger partial charge in [-0.3, -0.25) is 14.6 Å². The number of carbonyl (C=O) groups is 2. The fraction of sp³-hybridized carbons (Fsp3) is 0.120. The number of hydrogen-bond donors (Lipinski definition) is 1. The first-order valence-corrected chi connectivity index (χ1v) is 10.2. The maximum absolute atomic E-state index is 13.2. The maximum Gasteiger partial charge on any atom is 0.276 e. The van der Waals surface area contributed by atoms with E-state index in [1.807, 2.05) is 78.9 Å². The lowest BCUT2D eigenvalue weighted by Gasteiger charge is -2.21. The van der Waals surface area contributed by atoms with Crippen molar-refractivity contribution in [2.24, 2.45) is 0 Å². The van der Waals surface area contributed by atoms with Gasteiger partial charge in [0.1, 0.15) is 6.54 Å². The van der Waals surface area contributed by atoms with Crippen molar-refractivity contribution in [2.45, 2.75) is 13.1 Å². The molecule has 0 unspecified atom stereocenters. The zero-order valence-corrected chi connectivity index (χ0v) is 17.3. The molecule has 2 aromatic carbocycles. The highest BCUT2D eigenvalue weighted by Crippen LogP contribution is 2.21. The highest BCUT2D eigenvalue weighted by atomic mass is 16.5. The van der Waals surface area contributed by atoms with Gasteiger partial charge >= 0.3 is 0 Å². The van der Waals surface area contributed by atoms with Gasteiger partial charge in [-0.15, -0.1) is 0 Å². The molecule has 2 amide bonds. The van der Waals surface area contributed by atoms with Crippen LogP contribution in [0, 0.1) is 0 Å². The lowest BCUT2D eigenvalue weighted by Crippen LogP contribution is -2.40. The van der Waals surface area contributed by atoms with Crippen LogP contribution in [0.25, 0.3) is 11.3 Å². The Kier molecular flexibility index (Phi) is 6.67. The van der Waals surface area contributed by atoms with Crippen molar-refractivity contribution < 1.29 is 14.1 Å². The van der Waals surface area contributed by atoms with E-state index in [2.05, 4.69) is 15.5 Å². The molecule has 2 aromatic heterocycles. The molecule has 2 heterocycles. The maximum atomic E-state index is 13.2. The number of nitrogens with one attached hydrogen (secondary N) is 1. The van der Waals surface area contributed by atoms with E-state index < -0.39 is 0 Å². The van der Waals surface area contributed by atoms with Crippen LogP contribution in [0.4, 0.5) is 0 Å². The Balaban J connectivity index is 1.49. The van der Waals surface area contributed by atoms with Crippen molar-refractivity contribution in [1.29, 1.82) is 0 Å². The van der Waals surface area contributed by atoms with E-state index in [1.165, 1.54) is 4.90 Å². The summed E-state index contributed by atoms with van der Waals surface area (Å²) >= 11 is 0. The predicted octanol–water partition coefficient (Wildman–Crippen LogP) is 3.70. The summed E-state index contributed by atoms with van der Waals surface area (Å²) in [6.45, 7) is 0.438. The average molecular weight is 426 g/mol. The van der Waals surface area contributed by atoms with Gasteiger partial charge in [0.2, 0.25) is 5.91 Å². The third-order valence-electron chi connectivity index (χ3n) is 4.82. The number of nitrogens with zero attached hydrogens (tertiary/aromatic N) is 3. The molecule has 0 atom stereocenters. The predicted molar refractivity (Wildman–Crippen MR) is 119 cm³/mol. The van der Waals surface area contributed by atoms with Crippen LogP contribution < -0.4 is 5.32 Å². The highest BCUT2D eigenvalue weighted by molar-refractivity contribution is 5.95. The van der Waals surface area contributed by atoms with Gasteiger partial charge in [-0.25, -0.2) is 0 Å². The summed E-state index contributed by atoms with van der Waals surface area (Å²) in [5.41, 5.74) is 2.62. The Bertz CT molecular complexity index is 1160. The molecule has 4 aromatic rings. The van der Waals surface area contributed by atoms with Crippen LogP contribution in [-0.2, 0) is 17.9 Å². The number of rotatable bonds is 8. The van der Waals surface area contributed by atoms with E-state index in [0.717, 1.165) is 16.8 Å². The van der Waals surface area contributed by atoms with Gasteiger partial charge in [-0.2, -0.15) is 0 Å². The summed E-state index contributed by atoms with van der Waals surface area (Å²) in [6, 6.07) is 26.0. The topological polar surface area (TPSA) is 88.3 Å². The summed E-state index contributed by atoms with van der Waals surface area (Å²) < 4.78 is 5.38. The Morgan fingerprint density at radius 3 is 2.34 bits per heavy atom. The fourth-order valence-electron chi connectivity index (χ4n) is 3.20. The van der Waals surface area contributed by atoms with Gasteiger partial charge in [0.15, 0.2) is 11.5 Å². The summed E-state index contributed by atoms with van der Waals surface area (Å²) in [4.78, 5) is 31.5. The molecule has 0 aliphatic rings. The second-order valence-electron chi connectivity index (χ2n) is 7.19. The molecule has 7 heteroatoms. The first kappa shape index (κ1) is 21.0. The van der Waals surface area contributed by atoms with Gasteiger partial charge in [-0.05, 0) is 17.7 Å². The van der Waals surface area contributed by atoms with Gasteiger partial charge < -0.3 is 14.7 Å². The second-order valence-corrected chi connectivity index (χ2v) is 7.19. The molecule has 0 saturated carbocycles. The van der Waals surface area contributed by atoms with Gasteiger partial charge in [-0.1, -0.05) is 71.9 Å². The molecular weight excluding hydrogens is 404 g/mol. The number of amides is 2. The van der Waals surface area contributed by atoms with Crippen LogP contribution in [0.1, 0.15) is 21.7 Å². The van der Waals surface area contributed by atoms with Crippen LogP contribution in [0.15, 0.2) is 95.6 Å². The number of carbonyl (C=O) groups excluding carboxylic acids is 2. The minimum absolute atomic E-state index is 0.117. The van der Waals surface area contributed by atoms with Crippen LogP contribution >= 0.6 is 0 Å². The summed E-state index contributed by atoms with van der Waals surface area (Å²) in [6.07, 6.45) is 1.67. The SMILES string of the molecule is O=C(CN(Cc1ccccc1)C(=O)c1cc(-c2ccccc2)on1)NCc1ccccn1. The molecular formula is C25H22N4O3. The quantitative estimate of drug-likeness (QED) is 0.464. The number of benzene rings is 2. The fourth-order valence-corrected chi connectivity index (χ4v) is 3.20. The number of aromatic nitrogens is 2. The van der Waals surface area contributed by atoms with Crippen molar-refractivity contribution in [3.05, 3.63) is 108 Å². The van der Waals surface area contributed by atoms with E-state index in [9.17, 15) is 9.59 Å². The Hall–Kier alpha value is -4.26. The van der Waals surface area contributed by atoms with Crippen molar-refractivity contribution in [2.75, 3.05) is 6.54 Å². The normalized spacial score (nSPS) is 10.5. The molecule has 0 radical (unpaired) electrons. The van der Waals surface area contributed by atoms with Crippen molar-refractivity contribution >= 4 is 11.8 Å². The van der Waals surface area contributed by atoms with E-state index in [-0.39, 0.29) is 37.1 Å². The Labute approximate surface area is 185 Å². The molecule has 160 valence electrons. The molecule has 32 heavy (non-hydrogen) atoms. The van der Waals surface area contributed by atoms with Crippen molar-refractivity contribution in [3.63, 3.8) is 0 Å². The summed E-state index contributed by atoms with van der Waals surface area (Å²) in [7, 11) is 0. The molecule has 0 aliphatic carbocycles. The smallest absolute Gasteiger partial charge is 0.276 e. The number of hydrogen-bond acceptors (Lipinski definition) is 5. The third-order valence-corrected chi connectivity index (χ3v) is 4.82. The molecule has 4 rings (SSSR count). The molecule has 0 fully saturated rings. The van der Waals surface area contributed by atoms with E-state index in [0.29, 0.717) is 5.76 Å². The van der Waals surface area contributed by atoms with Crippen LogP contribution in [0.3, 0.4) is 0 Å². The molecule has 0 aliphatic heterocycles. The lowest BCUT2D eigenvalue weighted by molar-refractivity contribution is -0.122. The van der Waals surface area contributed by atoms with Crippen molar-refractivity contribution in [1.82, 2.24) is 20.4 Å². The molecule has 1 N–H and O–H groups in total. The van der Waals surface area contributed by atoms with Crippen LogP contribution in [-0.4, -0.2) is 33.4 Å². The zero-order chi connectivity index (χ0) is 22.2. The van der Waals surface area contributed by atoms with E-state index in [4.69, 9.17) is 4.52 Å². The van der Waals surface area contributed by atoms with Gasteiger partial charge in [0.05, 0.1) is 12.2 Å². The average Bonchev–Trinajstić information content (AvgIpc) is 3.34. The molecule has 0 bridgehead atoms. The highest BCUT2D eigenvalue weighted by Gasteiger charge is 2.23. The van der Waals surface area contributed by atoms with E-state index in [1.54, 1.807) is 12.3 Å².